The summed E-state index contributed by atoms with van der Waals surface area (Å²) in [5, 5.41) is 6.13. The molecule has 1 rings (SSSR count). The third-order valence-corrected chi connectivity index (χ3v) is 4.51. The zero-order valence-corrected chi connectivity index (χ0v) is 16.1. The number of nitrogens with zero attached hydrogens (tertiary/aromatic N) is 2. The molecule has 0 fully saturated rings. The van der Waals surface area contributed by atoms with Gasteiger partial charge in [0.25, 0.3) is 0 Å². The Hall–Kier alpha value is -1.27. The molecule has 0 spiro atoms. The number of carbonyl (C=O) groups is 1. The van der Waals surface area contributed by atoms with Gasteiger partial charge < -0.3 is 15.5 Å². The minimum Gasteiger partial charge on any atom is -0.357 e. The van der Waals surface area contributed by atoms with Gasteiger partial charge in [-0.25, -0.2) is 0 Å². The predicted octanol–water partition coefficient (Wildman–Crippen LogP) is 2.96. The van der Waals surface area contributed by atoms with Crippen molar-refractivity contribution in [3.8, 4) is 0 Å². The van der Waals surface area contributed by atoms with Crippen LogP contribution in [0.15, 0.2) is 17.1 Å². The van der Waals surface area contributed by atoms with Crippen molar-refractivity contribution in [3.63, 3.8) is 0 Å². The van der Waals surface area contributed by atoms with E-state index in [9.17, 15) is 4.79 Å². The maximum atomic E-state index is 12.1. The molecule has 0 aliphatic heterocycles. The lowest BCUT2D eigenvalue weighted by molar-refractivity contribution is -0.128. The SMILES string of the molecule is CCNC(=O)C(C)(C)CN=C(NCC)N(C)Cc1ccc(Cl)s1. The summed E-state index contributed by atoms with van der Waals surface area (Å²) in [7, 11) is 1.98. The molecule has 0 aliphatic rings. The van der Waals surface area contributed by atoms with Crippen LogP contribution in [0.4, 0.5) is 0 Å². The highest BCUT2D eigenvalue weighted by Gasteiger charge is 2.27. The lowest BCUT2D eigenvalue weighted by Crippen LogP contribution is -2.42. The largest absolute Gasteiger partial charge is 0.357 e. The molecule has 0 bridgehead atoms. The predicted molar refractivity (Wildman–Crippen MR) is 99.2 cm³/mol. The first-order valence-electron chi connectivity index (χ1n) is 7.82. The summed E-state index contributed by atoms with van der Waals surface area (Å²) in [5.41, 5.74) is -0.538. The van der Waals surface area contributed by atoms with Gasteiger partial charge in [-0.1, -0.05) is 11.6 Å². The van der Waals surface area contributed by atoms with Crippen molar-refractivity contribution < 1.29 is 4.79 Å². The molecule has 0 saturated carbocycles. The summed E-state index contributed by atoms with van der Waals surface area (Å²) in [6.45, 7) is 10.3. The second-order valence-corrected chi connectivity index (χ2v) is 7.78. The molecule has 5 nitrogen and oxygen atoms in total. The zero-order chi connectivity index (χ0) is 17.5. The first-order chi connectivity index (χ1) is 10.8. The summed E-state index contributed by atoms with van der Waals surface area (Å²) < 4.78 is 0.785. The van der Waals surface area contributed by atoms with Crippen LogP contribution in [0, 0.1) is 5.41 Å². The number of amides is 1. The lowest BCUT2D eigenvalue weighted by Gasteiger charge is -2.25. The second kappa shape index (κ2) is 9.13. The number of nitrogens with one attached hydrogen (secondary N) is 2. The molecule has 23 heavy (non-hydrogen) atoms. The molecule has 7 heteroatoms. The van der Waals surface area contributed by atoms with Crippen LogP contribution in [-0.4, -0.2) is 43.4 Å². The van der Waals surface area contributed by atoms with E-state index >= 15 is 0 Å². The highest BCUT2D eigenvalue weighted by atomic mass is 35.5. The van der Waals surface area contributed by atoms with Gasteiger partial charge in [-0.15, -0.1) is 11.3 Å². The van der Waals surface area contributed by atoms with Crippen LogP contribution in [0.25, 0.3) is 0 Å². The van der Waals surface area contributed by atoms with E-state index in [0.717, 1.165) is 23.4 Å². The van der Waals surface area contributed by atoms with E-state index in [0.29, 0.717) is 13.1 Å². The van der Waals surface area contributed by atoms with E-state index in [1.54, 1.807) is 11.3 Å². The van der Waals surface area contributed by atoms with Crippen molar-refractivity contribution in [3.05, 3.63) is 21.3 Å². The molecule has 0 aromatic carbocycles. The molecule has 1 heterocycles. The van der Waals surface area contributed by atoms with E-state index in [1.165, 1.54) is 4.88 Å². The van der Waals surface area contributed by atoms with Crippen molar-refractivity contribution in [2.24, 2.45) is 10.4 Å². The van der Waals surface area contributed by atoms with Gasteiger partial charge in [0.15, 0.2) is 5.96 Å². The number of carbonyl (C=O) groups excluding carboxylic acids is 1. The molecule has 1 amide bonds. The lowest BCUT2D eigenvalue weighted by atomic mass is 9.92. The molecule has 0 aliphatic carbocycles. The zero-order valence-electron chi connectivity index (χ0n) is 14.6. The number of guanidine groups is 1. The van der Waals surface area contributed by atoms with Crippen LogP contribution in [0.1, 0.15) is 32.6 Å². The maximum absolute atomic E-state index is 12.1. The smallest absolute Gasteiger partial charge is 0.227 e. The summed E-state index contributed by atoms with van der Waals surface area (Å²) in [6.07, 6.45) is 0. The third kappa shape index (κ3) is 6.39. The molecule has 130 valence electrons. The highest BCUT2D eigenvalue weighted by molar-refractivity contribution is 7.16. The third-order valence-electron chi connectivity index (χ3n) is 3.29. The van der Waals surface area contributed by atoms with Gasteiger partial charge in [0.05, 0.1) is 22.8 Å². The number of halogens is 1. The number of aliphatic imine (C=N–C) groups is 1. The van der Waals surface area contributed by atoms with E-state index in [-0.39, 0.29) is 5.91 Å². The summed E-state index contributed by atoms with van der Waals surface area (Å²) in [5.74, 6) is 0.807. The van der Waals surface area contributed by atoms with Gasteiger partial charge in [-0.2, -0.15) is 0 Å². The van der Waals surface area contributed by atoms with Crippen molar-refractivity contribution >= 4 is 34.8 Å². The van der Waals surface area contributed by atoms with E-state index in [2.05, 4.69) is 15.6 Å². The fraction of sp³-hybridized carbons (Fsp3) is 0.625. The minimum absolute atomic E-state index is 0.0206. The average molecular weight is 359 g/mol. The number of hydrogen-bond donors (Lipinski definition) is 2. The second-order valence-electron chi connectivity index (χ2n) is 5.98. The molecule has 0 radical (unpaired) electrons. The Morgan fingerprint density at radius 1 is 1.30 bits per heavy atom. The van der Waals surface area contributed by atoms with Gasteiger partial charge in [-0.3, -0.25) is 9.79 Å². The number of hydrogen-bond acceptors (Lipinski definition) is 3. The Labute approximate surface area is 148 Å². The highest BCUT2D eigenvalue weighted by Crippen LogP contribution is 2.22. The Balaban J connectivity index is 2.77. The van der Waals surface area contributed by atoms with Crippen molar-refractivity contribution in [1.29, 1.82) is 0 Å². The molecule has 0 atom stereocenters. The van der Waals surface area contributed by atoms with Crippen LogP contribution in [-0.2, 0) is 11.3 Å². The van der Waals surface area contributed by atoms with Crippen molar-refractivity contribution in [1.82, 2.24) is 15.5 Å². The van der Waals surface area contributed by atoms with Gasteiger partial charge in [0, 0.05) is 25.0 Å². The quantitative estimate of drug-likeness (QED) is 0.582. The van der Waals surface area contributed by atoms with Crippen LogP contribution in [0.5, 0.6) is 0 Å². The van der Waals surface area contributed by atoms with Crippen LogP contribution in [0.2, 0.25) is 4.34 Å². The Kier molecular flexibility index (Phi) is 7.85. The molecular formula is C16H27ClN4OS. The van der Waals surface area contributed by atoms with Gasteiger partial charge in [-0.05, 0) is 39.8 Å². The van der Waals surface area contributed by atoms with Crippen LogP contribution in [0.3, 0.4) is 0 Å². The van der Waals surface area contributed by atoms with Gasteiger partial charge in [0.2, 0.25) is 5.91 Å². The molecule has 0 saturated heterocycles. The number of rotatable bonds is 7. The standard InChI is InChI=1S/C16H27ClN4OS/c1-6-18-14(22)16(3,4)11-20-15(19-7-2)21(5)10-12-8-9-13(17)23-12/h8-9H,6-7,10-11H2,1-5H3,(H,18,22)(H,19,20). The maximum Gasteiger partial charge on any atom is 0.227 e. The minimum atomic E-state index is -0.538. The summed E-state index contributed by atoms with van der Waals surface area (Å²) in [6, 6.07) is 3.92. The molecule has 1 aromatic heterocycles. The summed E-state index contributed by atoms with van der Waals surface area (Å²) >= 11 is 7.54. The van der Waals surface area contributed by atoms with E-state index in [4.69, 9.17) is 11.6 Å². The van der Waals surface area contributed by atoms with Crippen LogP contribution < -0.4 is 10.6 Å². The molecule has 0 unspecified atom stereocenters. The Bertz CT molecular complexity index is 542. The van der Waals surface area contributed by atoms with E-state index in [1.807, 2.05) is 51.8 Å². The molecular weight excluding hydrogens is 332 g/mol. The van der Waals surface area contributed by atoms with Crippen LogP contribution >= 0.6 is 22.9 Å². The number of thiophene rings is 1. The first kappa shape index (κ1) is 19.8. The van der Waals surface area contributed by atoms with Crippen molar-refractivity contribution in [2.45, 2.75) is 34.2 Å². The normalized spacial score (nSPS) is 12.2. The van der Waals surface area contributed by atoms with Gasteiger partial charge in [0.1, 0.15) is 0 Å². The Morgan fingerprint density at radius 2 is 1.96 bits per heavy atom. The summed E-state index contributed by atoms with van der Waals surface area (Å²) in [4.78, 5) is 19.9. The van der Waals surface area contributed by atoms with Gasteiger partial charge >= 0.3 is 0 Å². The van der Waals surface area contributed by atoms with Crippen molar-refractivity contribution in [2.75, 3.05) is 26.7 Å². The fourth-order valence-electron chi connectivity index (χ4n) is 1.96. The van der Waals surface area contributed by atoms with E-state index < -0.39 is 5.41 Å². The molecule has 1 aromatic rings. The fourth-order valence-corrected chi connectivity index (χ4v) is 3.10. The Morgan fingerprint density at radius 3 is 2.48 bits per heavy atom. The monoisotopic (exact) mass is 358 g/mol. The average Bonchev–Trinajstić information content (AvgIpc) is 2.88. The molecule has 2 N–H and O–H groups in total. The first-order valence-corrected chi connectivity index (χ1v) is 9.01. The topological polar surface area (TPSA) is 56.7 Å².